The number of nitro groups is 1. The molecule has 1 heterocycles. The number of rotatable bonds is 5. The van der Waals surface area contributed by atoms with Gasteiger partial charge in [-0.1, -0.05) is 0 Å². The molecule has 1 fully saturated rings. The van der Waals surface area contributed by atoms with Gasteiger partial charge >= 0.3 is 0 Å². The van der Waals surface area contributed by atoms with Gasteiger partial charge in [-0.2, -0.15) is 0 Å². The van der Waals surface area contributed by atoms with E-state index in [0.717, 1.165) is 6.42 Å². The van der Waals surface area contributed by atoms with Crippen molar-refractivity contribution in [2.24, 2.45) is 0 Å². The van der Waals surface area contributed by atoms with Crippen LogP contribution in [0.5, 0.6) is 5.75 Å². The molecule has 1 aliphatic rings. The van der Waals surface area contributed by atoms with Crippen LogP contribution in [0.15, 0.2) is 18.2 Å². The van der Waals surface area contributed by atoms with Gasteiger partial charge in [0.05, 0.1) is 12.0 Å². The molecule has 0 radical (unpaired) electrons. The van der Waals surface area contributed by atoms with E-state index in [1.807, 2.05) is 0 Å². The maximum atomic E-state index is 11.1. The first-order chi connectivity index (χ1) is 9.10. The van der Waals surface area contributed by atoms with Crippen LogP contribution in [0.2, 0.25) is 0 Å². The fourth-order valence-electron chi connectivity index (χ4n) is 2.01. The van der Waals surface area contributed by atoms with Crippen molar-refractivity contribution in [1.29, 1.82) is 0 Å². The first kappa shape index (κ1) is 13.1. The van der Waals surface area contributed by atoms with Gasteiger partial charge in [0.2, 0.25) is 5.91 Å². The molecule has 1 aromatic rings. The van der Waals surface area contributed by atoms with Gasteiger partial charge in [0.15, 0.2) is 0 Å². The number of hydrogen-bond acceptors (Lipinski definition) is 5. The number of benzene rings is 1. The molecule has 1 unspecified atom stereocenters. The lowest BCUT2D eigenvalue weighted by Crippen LogP contribution is -2.31. The van der Waals surface area contributed by atoms with E-state index in [1.54, 1.807) is 12.1 Å². The smallest absolute Gasteiger partial charge is 0.292 e. The van der Waals surface area contributed by atoms with Crippen LogP contribution in [-0.2, 0) is 4.79 Å². The molecule has 1 atom stereocenters. The number of amides is 1. The number of ether oxygens (including phenoxy) is 1. The summed E-state index contributed by atoms with van der Waals surface area (Å²) in [5.74, 6) is 0.565. The topological polar surface area (TPSA) is 93.5 Å². The second-order valence-electron chi connectivity index (χ2n) is 4.32. The number of carbonyl (C=O) groups is 1. The summed E-state index contributed by atoms with van der Waals surface area (Å²) in [6, 6.07) is 4.53. The standard InChI is InChI=1S/C12H15N3O4/c1-19-9-3-4-11(15(17)18)10(6-9)13-7-8-2-5-12(16)14-8/h3-4,6,8,13H,2,5,7H2,1H3,(H,14,16). The molecule has 1 amide bonds. The van der Waals surface area contributed by atoms with E-state index in [2.05, 4.69) is 10.6 Å². The van der Waals surface area contributed by atoms with Crippen LogP contribution in [0.4, 0.5) is 11.4 Å². The van der Waals surface area contributed by atoms with Gasteiger partial charge in [-0.25, -0.2) is 0 Å². The van der Waals surface area contributed by atoms with E-state index in [9.17, 15) is 14.9 Å². The number of carbonyl (C=O) groups excluding carboxylic acids is 1. The van der Waals surface area contributed by atoms with Gasteiger partial charge in [0.25, 0.3) is 5.69 Å². The number of anilines is 1. The number of nitro benzene ring substituents is 1. The SMILES string of the molecule is COc1ccc([N+](=O)[O-])c(NCC2CCC(=O)N2)c1. The van der Waals surface area contributed by atoms with Crippen LogP contribution < -0.4 is 15.4 Å². The molecule has 1 aliphatic heterocycles. The van der Waals surface area contributed by atoms with E-state index < -0.39 is 4.92 Å². The number of nitrogens with zero attached hydrogens (tertiary/aromatic N) is 1. The highest BCUT2D eigenvalue weighted by atomic mass is 16.6. The maximum Gasteiger partial charge on any atom is 0.292 e. The summed E-state index contributed by atoms with van der Waals surface area (Å²) in [6.45, 7) is 0.458. The molecule has 0 aliphatic carbocycles. The predicted molar refractivity (Wildman–Crippen MR) is 69.3 cm³/mol. The van der Waals surface area contributed by atoms with Crippen LogP contribution in [0.25, 0.3) is 0 Å². The Labute approximate surface area is 110 Å². The van der Waals surface area contributed by atoms with Gasteiger partial charge < -0.3 is 15.4 Å². The molecule has 19 heavy (non-hydrogen) atoms. The second-order valence-corrected chi connectivity index (χ2v) is 4.32. The van der Waals surface area contributed by atoms with Crippen molar-refractivity contribution in [3.63, 3.8) is 0 Å². The summed E-state index contributed by atoms with van der Waals surface area (Å²) in [7, 11) is 1.50. The van der Waals surface area contributed by atoms with Gasteiger partial charge in [-0.15, -0.1) is 0 Å². The Hall–Kier alpha value is -2.31. The summed E-state index contributed by atoms with van der Waals surface area (Å²) < 4.78 is 5.05. The third-order valence-electron chi connectivity index (χ3n) is 3.02. The lowest BCUT2D eigenvalue weighted by molar-refractivity contribution is -0.384. The molecule has 7 heteroatoms. The van der Waals surface area contributed by atoms with Crippen molar-refractivity contribution in [3.8, 4) is 5.75 Å². The third-order valence-corrected chi connectivity index (χ3v) is 3.02. The first-order valence-corrected chi connectivity index (χ1v) is 5.96. The second kappa shape index (κ2) is 5.55. The fourth-order valence-corrected chi connectivity index (χ4v) is 2.01. The zero-order valence-electron chi connectivity index (χ0n) is 10.5. The van der Waals surface area contributed by atoms with Gasteiger partial charge in [0.1, 0.15) is 11.4 Å². The number of nitrogens with one attached hydrogen (secondary N) is 2. The summed E-state index contributed by atoms with van der Waals surface area (Å²) >= 11 is 0. The van der Waals surface area contributed by atoms with Crippen molar-refractivity contribution in [1.82, 2.24) is 5.32 Å². The highest BCUT2D eigenvalue weighted by Gasteiger charge is 2.22. The number of hydrogen-bond donors (Lipinski definition) is 2. The quantitative estimate of drug-likeness (QED) is 0.618. The Balaban J connectivity index is 2.08. The molecule has 7 nitrogen and oxygen atoms in total. The van der Waals surface area contributed by atoms with E-state index in [4.69, 9.17) is 4.74 Å². The van der Waals surface area contributed by atoms with Gasteiger partial charge in [0, 0.05) is 31.1 Å². The minimum Gasteiger partial charge on any atom is -0.497 e. The third kappa shape index (κ3) is 3.12. The molecule has 1 aromatic carbocycles. The van der Waals surface area contributed by atoms with Crippen LogP contribution in [-0.4, -0.2) is 30.5 Å². The van der Waals surface area contributed by atoms with E-state index >= 15 is 0 Å². The first-order valence-electron chi connectivity index (χ1n) is 5.96. The van der Waals surface area contributed by atoms with Gasteiger partial charge in [-0.05, 0) is 12.5 Å². The van der Waals surface area contributed by atoms with Crippen molar-refractivity contribution in [2.45, 2.75) is 18.9 Å². The summed E-state index contributed by atoms with van der Waals surface area (Å²) in [5, 5.41) is 16.7. The molecule has 0 aromatic heterocycles. The minimum absolute atomic E-state index is 0.00914. The Morgan fingerprint density at radius 3 is 2.95 bits per heavy atom. The average Bonchev–Trinajstić information content (AvgIpc) is 2.81. The highest BCUT2D eigenvalue weighted by Crippen LogP contribution is 2.28. The Bertz CT molecular complexity index is 504. The zero-order valence-corrected chi connectivity index (χ0v) is 10.5. The summed E-state index contributed by atoms with van der Waals surface area (Å²) in [4.78, 5) is 21.5. The molecule has 0 bridgehead atoms. The predicted octanol–water partition coefficient (Wildman–Crippen LogP) is 1.29. The normalized spacial score (nSPS) is 17.9. The summed E-state index contributed by atoms with van der Waals surface area (Å²) in [5.41, 5.74) is 0.385. The number of methoxy groups -OCH3 is 1. The van der Waals surface area contributed by atoms with Crippen molar-refractivity contribution >= 4 is 17.3 Å². The molecule has 2 rings (SSSR count). The van der Waals surface area contributed by atoms with E-state index in [0.29, 0.717) is 24.4 Å². The lowest BCUT2D eigenvalue weighted by Gasteiger charge is -2.13. The van der Waals surface area contributed by atoms with Gasteiger partial charge in [-0.3, -0.25) is 14.9 Å². The minimum atomic E-state index is -0.449. The maximum absolute atomic E-state index is 11.1. The van der Waals surface area contributed by atoms with E-state index in [1.165, 1.54) is 13.2 Å². The molecule has 1 saturated heterocycles. The molecular formula is C12H15N3O4. The van der Waals surface area contributed by atoms with Crippen molar-refractivity contribution in [2.75, 3.05) is 19.0 Å². The monoisotopic (exact) mass is 265 g/mol. The molecule has 0 saturated carbocycles. The van der Waals surface area contributed by atoms with Crippen LogP contribution in [0.1, 0.15) is 12.8 Å². The highest BCUT2D eigenvalue weighted by molar-refractivity contribution is 5.78. The molecule has 102 valence electrons. The molecule has 2 N–H and O–H groups in total. The Kier molecular flexibility index (Phi) is 3.84. The fraction of sp³-hybridized carbons (Fsp3) is 0.417. The summed E-state index contributed by atoms with van der Waals surface area (Å²) in [6.07, 6.45) is 1.25. The van der Waals surface area contributed by atoms with E-state index in [-0.39, 0.29) is 17.6 Å². The average molecular weight is 265 g/mol. The molecular weight excluding hydrogens is 250 g/mol. The zero-order chi connectivity index (χ0) is 13.8. The van der Waals surface area contributed by atoms with Crippen molar-refractivity contribution < 1.29 is 14.5 Å². The van der Waals surface area contributed by atoms with Crippen LogP contribution >= 0.6 is 0 Å². The van der Waals surface area contributed by atoms with Crippen LogP contribution in [0.3, 0.4) is 0 Å². The van der Waals surface area contributed by atoms with Crippen molar-refractivity contribution in [3.05, 3.63) is 28.3 Å². The Morgan fingerprint density at radius 2 is 2.37 bits per heavy atom. The Morgan fingerprint density at radius 1 is 1.58 bits per heavy atom. The van der Waals surface area contributed by atoms with Crippen LogP contribution in [0, 0.1) is 10.1 Å². The largest absolute Gasteiger partial charge is 0.497 e. The lowest BCUT2D eigenvalue weighted by atomic mass is 10.2. The molecule has 0 spiro atoms.